The van der Waals surface area contributed by atoms with Gasteiger partial charge in [0.1, 0.15) is 11.6 Å². The quantitative estimate of drug-likeness (QED) is 0.264. The maximum absolute atomic E-state index is 13.5. The van der Waals surface area contributed by atoms with Crippen LogP contribution in [0.2, 0.25) is 0 Å². The van der Waals surface area contributed by atoms with Crippen molar-refractivity contribution in [3.05, 3.63) is 52.1 Å². The third-order valence-corrected chi connectivity index (χ3v) is 8.12. The summed E-state index contributed by atoms with van der Waals surface area (Å²) < 4.78 is 0. The van der Waals surface area contributed by atoms with Crippen molar-refractivity contribution in [3.8, 4) is 0 Å². The lowest BCUT2D eigenvalue weighted by atomic mass is 9.70. The van der Waals surface area contributed by atoms with Crippen LogP contribution in [0.4, 0.5) is 0 Å². The first-order valence-corrected chi connectivity index (χ1v) is 14.5. The molecule has 1 aromatic rings. The average molecular weight is 519 g/mol. The molecule has 2 aliphatic carbocycles. The van der Waals surface area contributed by atoms with Crippen LogP contribution in [0, 0.1) is 30.1 Å². The first-order valence-electron chi connectivity index (χ1n) is 14.5. The van der Waals surface area contributed by atoms with Crippen LogP contribution in [0.3, 0.4) is 0 Å². The predicted molar refractivity (Wildman–Crippen MR) is 154 cm³/mol. The van der Waals surface area contributed by atoms with Gasteiger partial charge >= 0.3 is 0 Å². The second kappa shape index (κ2) is 12.5. The topological polar surface area (TPSA) is 68.3 Å². The summed E-state index contributed by atoms with van der Waals surface area (Å²) in [5.74, 6) is 0.451. The number of ketones is 4. The van der Waals surface area contributed by atoms with Crippen LogP contribution in [0.1, 0.15) is 120 Å². The van der Waals surface area contributed by atoms with E-state index in [4.69, 9.17) is 0 Å². The summed E-state index contributed by atoms with van der Waals surface area (Å²) in [5, 5.41) is 0. The van der Waals surface area contributed by atoms with Crippen LogP contribution in [-0.4, -0.2) is 23.1 Å². The molecule has 0 amide bonds. The fourth-order valence-corrected chi connectivity index (χ4v) is 6.60. The summed E-state index contributed by atoms with van der Waals surface area (Å²) in [6.07, 6.45) is 10.0. The molecule has 0 saturated heterocycles. The van der Waals surface area contributed by atoms with Crippen molar-refractivity contribution in [2.24, 2.45) is 23.2 Å². The molecule has 38 heavy (non-hydrogen) atoms. The van der Waals surface area contributed by atoms with E-state index in [2.05, 4.69) is 39.8 Å². The van der Waals surface area contributed by atoms with Gasteiger partial charge in [-0.3, -0.25) is 19.2 Å². The van der Waals surface area contributed by atoms with E-state index < -0.39 is 0 Å². The minimum absolute atomic E-state index is 0.000352. The standard InChI is InChI=1S/C34H46O4/c1-8-11-24(25(9-2)30(36)16-22(4)35)17-23-18-29-27(15-14-21(3)33(29)31(37)19-23)26-12-10-13-28(26)32(38)20-34(5,6)7/h12-15,23-25H,8-11,16-20H2,1-7H3. The Morgan fingerprint density at radius 2 is 1.76 bits per heavy atom. The van der Waals surface area contributed by atoms with Crippen molar-refractivity contribution < 1.29 is 19.2 Å². The Hall–Kier alpha value is -2.62. The fraction of sp³-hybridized carbons (Fsp3) is 0.588. The lowest BCUT2D eigenvalue weighted by Gasteiger charge is -2.33. The zero-order valence-electron chi connectivity index (χ0n) is 24.5. The molecule has 2 aliphatic rings. The molecule has 0 aromatic heterocycles. The van der Waals surface area contributed by atoms with Crippen LogP contribution in [0.5, 0.6) is 0 Å². The molecule has 0 fully saturated rings. The monoisotopic (exact) mass is 518 g/mol. The molecule has 3 rings (SSSR count). The van der Waals surface area contributed by atoms with Crippen LogP contribution < -0.4 is 0 Å². The first kappa shape index (κ1) is 29.9. The molecule has 0 saturated carbocycles. The number of rotatable bonds is 12. The highest BCUT2D eigenvalue weighted by molar-refractivity contribution is 6.12. The van der Waals surface area contributed by atoms with Crippen LogP contribution in [-0.2, 0) is 20.8 Å². The third kappa shape index (κ3) is 7.07. The molecule has 4 nitrogen and oxygen atoms in total. The number of aryl methyl sites for hydroxylation is 1. The molecular weight excluding hydrogens is 472 g/mol. The number of benzene rings is 1. The highest BCUT2D eigenvalue weighted by atomic mass is 16.1. The highest BCUT2D eigenvalue weighted by Gasteiger charge is 2.35. The normalized spacial score (nSPS) is 18.9. The molecule has 0 spiro atoms. The number of carbonyl (C=O) groups is 4. The van der Waals surface area contributed by atoms with E-state index in [1.807, 2.05) is 26.0 Å². The largest absolute Gasteiger partial charge is 0.300 e. The van der Waals surface area contributed by atoms with Gasteiger partial charge in [0.2, 0.25) is 0 Å². The first-order chi connectivity index (χ1) is 17.9. The van der Waals surface area contributed by atoms with E-state index in [-0.39, 0.29) is 52.7 Å². The van der Waals surface area contributed by atoms with Gasteiger partial charge in [-0.25, -0.2) is 0 Å². The van der Waals surface area contributed by atoms with Crippen molar-refractivity contribution in [2.45, 2.75) is 106 Å². The van der Waals surface area contributed by atoms with E-state index >= 15 is 0 Å². The van der Waals surface area contributed by atoms with E-state index in [1.54, 1.807) is 0 Å². The molecule has 3 atom stereocenters. The Morgan fingerprint density at radius 1 is 1.05 bits per heavy atom. The van der Waals surface area contributed by atoms with Crippen molar-refractivity contribution in [1.82, 2.24) is 0 Å². The minimum Gasteiger partial charge on any atom is -0.300 e. The van der Waals surface area contributed by atoms with Crippen molar-refractivity contribution in [3.63, 3.8) is 0 Å². The van der Waals surface area contributed by atoms with Crippen molar-refractivity contribution in [1.29, 1.82) is 0 Å². The van der Waals surface area contributed by atoms with E-state index in [9.17, 15) is 19.2 Å². The van der Waals surface area contributed by atoms with E-state index in [0.717, 1.165) is 71.9 Å². The molecule has 3 unspecified atom stereocenters. The van der Waals surface area contributed by atoms with Gasteiger partial charge in [0.25, 0.3) is 0 Å². The van der Waals surface area contributed by atoms with Gasteiger partial charge in [-0.05, 0) is 79.0 Å². The Morgan fingerprint density at radius 3 is 2.37 bits per heavy atom. The molecule has 206 valence electrons. The van der Waals surface area contributed by atoms with E-state index in [0.29, 0.717) is 12.8 Å². The third-order valence-electron chi connectivity index (χ3n) is 8.12. The molecule has 0 radical (unpaired) electrons. The highest BCUT2D eigenvalue weighted by Crippen LogP contribution is 2.42. The Kier molecular flexibility index (Phi) is 9.84. The van der Waals surface area contributed by atoms with Gasteiger partial charge in [0.15, 0.2) is 11.6 Å². The molecule has 0 aliphatic heterocycles. The maximum atomic E-state index is 13.5. The lowest BCUT2D eigenvalue weighted by molar-refractivity contribution is -0.130. The minimum atomic E-state index is -0.144. The van der Waals surface area contributed by atoms with Crippen LogP contribution >= 0.6 is 0 Å². The maximum Gasteiger partial charge on any atom is 0.163 e. The summed E-state index contributed by atoms with van der Waals surface area (Å²) in [6, 6.07) is 4.11. The summed E-state index contributed by atoms with van der Waals surface area (Å²) in [5.41, 5.74) is 5.55. The summed E-state index contributed by atoms with van der Waals surface area (Å²) in [4.78, 5) is 51.4. The summed E-state index contributed by atoms with van der Waals surface area (Å²) in [6.45, 7) is 13.9. The molecular formula is C34H46O4. The number of hydrogen-bond donors (Lipinski definition) is 0. The van der Waals surface area contributed by atoms with Crippen molar-refractivity contribution >= 4 is 28.7 Å². The second-order valence-corrected chi connectivity index (χ2v) is 12.8. The number of fused-ring (bicyclic) bond motifs is 1. The predicted octanol–water partition coefficient (Wildman–Crippen LogP) is 7.84. The van der Waals surface area contributed by atoms with Crippen molar-refractivity contribution in [2.75, 3.05) is 0 Å². The number of carbonyl (C=O) groups excluding carboxylic acids is 4. The number of allylic oxidation sites excluding steroid dienone is 4. The molecule has 1 aromatic carbocycles. The number of hydrogen-bond acceptors (Lipinski definition) is 4. The molecule has 0 bridgehead atoms. The summed E-state index contributed by atoms with van der Waals surface area (Å²) >= 11 is 0. The SMILES string of the molecule is CCCC(CC1CC(=O)c2c(C)ccc(C3=CCC=C3C(=O)CC(C)(C)C)c2C1)C(CC)C(=O)CC(C)=O. The van der Waals surface area contributed by atoms with Gasteiger partial charge in [-0.2, -0.15) is 0 Å². The Bertz CT molecular complexity index is 1160. The smallest absolute Gasteiger partial charge is 0.163 e. The fourth-order valence-electron chi connectivity index (χ4n) is 6.60. The van der Waals surface area contributed by atoms with Crippen LogP contribution in [0.15, 0.2) is 29.9 Å². The number of Topliss-reactive ketones (excluding diaryl/α,β-unsaturated/α-hetero) is 4. The lowest BCUT2D eigenvalue weighted by Crippen LogP contribution is -2.30. The van der Waals surface area contributed by atoms with Gasteiger partial charge in [-0.15, -0.1) is 0 Å². The zero-order valence-corrected chi connectivity index (χ0v) is 24.5. The van der Waals surface area contributed by atoms with Gasteiger partial charge in [0, 0.05) is 29.9 Å². The van der Waals surface area contributed by atoms with Gasteiger partial charge in [-0.1, -0.05) is 71.7 Å². The van der Waals surface area contributed by atoms with Gasteiger partial charge < -0.3 is 0 Å². The molecule has 0 heterocycles. The average Bonchev–Trinajstić information content (AvgIpc) is 3.28. The molecule has 4 heteroatoms. The second-order valence-electron chi connectivity index (χ2n) is 12.8. The Labute approximate surface area is 229 Å². The van der Waals surface area contributed by atoms with Crippen LogP contribution in [0.25, 0.3) is 5.57 Å². The summed E-state index contributed by atoms with van der Waals surface area (Å²) in [7, 11) is 0. The Balaban J connectivity index is 1.93. The van der Waals surface area contributed by atoms with E-state index in [1.165, 1.54) is 6.92 Å². The van der Waals surface area contributed by atoms with Gasteiger partial charge in [0.05, 0.1) is 6.42 Å². The zero-order chi connectivity index (χ0) is 28.2. The molecule has 0 N–H and O–H groups in total.